The molecule has 1 aromatic carbocycles. The second-order valence-electron chi connectivity index (χ2n) is 3.83. The summed E-state index contributed by atoms with van der Waals surface area (Å²) in [6.45, 7) is 0. The molecule has 1 aromatic rings. The van der Waals surface area contributed by atoms with Crippen LogP contribution in [0.1, 0.15) is 23.7 Å². The van der Waals surface area contributed by atoms with Gasteiger partial charge in [0.2, 0.25) is 0 Å². The van der Waals surface area contributed by atoms with Crippen molar-refractivity contribution in [3.63, 3.8) is 0 Å². The lowest BCUT2D eigenvalue weighted by Gasteiger charge is -2.13. The van der Waals surface area contributed by atoms with Gasteiger partial charge in [-0.15, -0.1) is 0 Å². The maximum absolute atomic E-state index is 12.4. The first-order valence-electron chi connectivity index (χ1n) is 4.86. The van der Waals surface area contributed by atoms with Gasteiger partial charge in [0.25, 0.3) is 9.84 Å². The molecule has 0 spiro atoms. The summed E-state index contributed by atoms with van der Waals surface area (Å²) in [5, 5.41) is 9.56. The minimum absolute atomic E-state index is 0.107. The van der Waals surface area contributed by atoms with Gasteiger partial charge in [-0.1, -0.05) is 12.1 Å². The number of halogens is 3. The first kappa shape index (κ1) is 12.4. The van der Waals surface area contributed by atoms with Crippen molar-refractivity contribution in [2.24, 2.45) is 0 Å². The number of fused-ring (bicyclic) bond motifs is 1. The average Bonchev–Trinajstić information content (AvgIpc) is 2.59. The lowest BCUT2D eigenvalue weighted by atomic mass is 10.1. The van der Waals surface area contributed by atoms with Crippen molar-refractivity contribution in [1.82, 2.24) is 0 Å². The molecule has 0 fully saturated rings. The molecule has 1 aliphatic carbocycles. The Labute approximate surface area is 95.8 Å². The van der Waals surface area contributed by atoms with Crippen LogP contribution in [-0.4, -0.2) is 19.0 Å². The van der Waals surface area contributed by atoms with Crippen LogP contribution in [0.5, 0.6) is 0 Å². The molecule has 3 nitrogen and oxygen atoms in total. The standard InChI is InChI=1S/C10H9F3O3S/c11-10(12,13)17(15,16)8-3-1-2-6-4-5-7(14)9(6)8/h1-3,7,14H,4-5H2/t7-/m1/s1. The summed E-state index contributed by atoms with van der Waals surface area (Å²) in [5.74, 6) is 0. The molecule has 0 aliphatic heterocycles. The Kier molecular flexibility index (Phi) is 2.70. The molecule has 0 amide bonds. The lowest BCUT2D eigenvalue weighted by molar-refractivity contribution is -0.0437. The number of rotatable bonds is 1. The van der Waals surface area contributed by atoms with Gasteiger partial charge in [-0.05, 0) is 24.5 Å². The van der Waals surface area contributed by atoms with Crippen LogP contribution in [0, 0.1) is 0 Å². The van der Waals surface area contributed by atoms with E-state index in [0.29, 0.717) is 12.0 Å². The number of aryl methyl sites for hydroxylation is 1. The van der Waals surface area contributed by atoms with Gasteiger partial charge in [-0.3, -0.25) is 0 Å². The summed E-state index contributed by atoms with van der Waals surface area (Å²) in [5.41, 5.74) is -4.99. The van der Waals surface area contributed by atoms with Crippen LogP contribution in [0.3, 0.4) is 0 Å². The van der Waals surface area contributed by atoms with Crippen molar-refractivity contribution in [1.29, 1.82) is 0 Å². The number of benzene rings is 1. The molecule has 1 aliphatic rings. The monoisotopic (exact) mass is 266 g/mol. The molecule has 0 saturated heterocycles. The molecule has 0 radical (unpaired) electrons. The average molecular weight is 266 g/mol. The highest BCUT2D eigenvalue weighted by atomic mass is 32.2. The lowest BCUT2D eigenvalue weighted by Crippen LogP contribution is -2.24. The third-order valence-electron chi connectivity index (χ3n) is 2.77. The molecule has 2 rings (SSSR count). The molecular formula is C10H9F3O3S. The third-order valence-corrected chi connectivity index (χ3v) is 4.32. The number of hydrogen-bond acceptors (Lipinski definition) is 3. The second kappa shape index (κ2) is 3.71. The number of aliphatic hydroxyl groups excluding tert-OH is 1. The Morgan fingerprint density at radius 3 is 2.53 bits per heavy atom. The van der Waals surface area contributed by atoms with Crippen LogP contribution in [-0.2, 0) is 16.3 Å². The van der Waals surface area contributed by atoms with Crippen LogP contribution >= 0.6 is 0 Å². The Morgan fingerprint density at radius 1 is 1.29 bits per heavy atom. The van der Waals surface area contributed by atoms with Crippen molar-refractivity contribution in [3.05, 3.63) is 29.3 Å². The van der Waals surface area contributed by atoms with Gasteiger partial charge >= 0.3 is 5.51 Å². The number of aliphatic hydroxyl groups is 1. The van der Waals surface area contributed by atoms with Crippen molar-refractivity contribution in [2.45, 2.75) is 29.3 Å². The Morgan fingerprint density at radius 2 is 1.94 bits per heavy atom. The predicted octanol–water partition coefficient (Wildman–Crippen LogP) is 1.96. The molecule has 94 valence electrons. The van der Waals surface area contributed by atoms with Crippen molar-refractivity contribution >= 4 is 9.84 Å². The maximum atomic E-state index is 12.4. The molecule has 0 saturated carbocycles. The summed E-state index contributed by atoms with van der Waals surface area (Å²) in [4.78, 5) is -0.826. The van der Waals surface area contributed by atoms with Gasteiger partial charge in [0.1, 0.15) is 0 Å². The molecule has 0 aromatic heterocycles. The molecular weight excluding hydrogens is 257 g/mol. The van der Waals surface area contributed by atoms with Gasteiger partial charge in [-0.2, -0.15) is 13.2 Å². The van der Waals surface area contributed by atoms with E-state index in [1.807, 2.05) is 0 Å². The molecule has 0 bridgehead atoms. The SMILES string of the molecule is O=S(=O)(c1cccc2c1[C@H](O)CC2)C(F)(F)F. The zero-order valence-electron chi connectivity index (χ0n) is 8.53. The fraction of sp³-hybridized carbons (Fsp3) is 0.400. The van der Waals surface area contributed by atoms with Gasteiger partial charge < -0.3 is 5.11 Å². The quantitative estimate of drug-likeness (QED) is 0.845. The van der Waals surface area contributed by atoms with Crippen LogP contribution in [0.4, 0.5) is 13.2 Å². The van der Waals surface area contributed by atoms with E-state index < -0.39 is 26.3 Å². The summed E-state index contributed by atoms with van der Waals surface area (Å²) < 4.78 is 60.0. The molecule has 17 heavy (non-hydrogen) atoms. The normalized spacial score (nSPS) is 20.4. The number of hydrogen-bond donors (Lipinski definition) is 1. The summed E-state index contributed by atoms with van der Waals surface area (Å²) in [6.07, 6.45) is -0.504. The van der Waals surface area contributed by atoms with E-state index in [2.05, 4.69) is 0 Å². The number of sulfone groups is 1. The van der Waals surface area contributed by atoms with Gasteiger partial charge in [0, 0.05) is 5.56 Å². The van der Waals surface area contributed by atoms with E-state index in [1.54, 1.807) is 0 Å². The van der Waals surface area contributed by atoms with Crippen molar-refractivity contribution < 1.29 is 26.7 Å². The summed E-state index contributed by atoms with van der Waals surface area (Å²) in [7, 11) is -5.39. The minimum Gasteiger partial charge on any atom is -0.388 e. The zero-order chi connectivity index (χ0) is 12.8. The van der Waals surface area contributed by atoms with Crippen molar-refractivity contribution in [3.8, 4) is 0 Å². The molecule has 1 N–H and O–H groups in total. The molecule has 0 heterocycles. The van der Waals surface area contributed by atoms with Gasteiger partial charge in [-0.25, -0.2) is 8.42 Å². The van der Waals surface area contributed by atoms with E-state index >= 15 is 0 Å². The summed E-state index contributed by atoms with van der Waals surface area (Å²) in [6, 6.07) is 3.67. The Bertz CT molecular complexity index is 548. The minimum atomic E-state index is -5.39. The predicted molar refractivity (Wildman–Crippen MR) is 53.0 cm³/mol. The van der Waals surface area contributed by atoms with E-state index in [1.165, 1.54) is 12.1 Å². The fourth-order valence-corrected chi connectivity index (χ4v) is 3.04. The highest BCUT2D eigenvalue weighted by Gasteiger charge is 2.49. The first-order valence-corrected chi connectivity index (χ1v) is 6.34. The van der Waals surface area contributed by atoms with Gasteiger partial charge in [0.15, 0.2) is 0 Å². The fourth-order valence-electron chi connectivity index (χ4n) is 1.98. The summed E-state index contributed by atoms with van der Waals surface area (Å²) >= 11 is 0. The Balaban J connectivity index is 2.67. The number of alkyl halides is 3. The van der Waals surface area contributed by atoms with E-state index in [-0.39, 0.29) is 12.0 Å². The van der Waals surface area contributed by atoms with Crippen LogP contribution in [0.2, 0.25) is 0 Å². The molecule has 0 unspecified atom stereocenters. The largest absolute Gasteiger partial charge is 0.501 e. The first-order chi connectivity index (χ1) is 7.75. The highest BCUT2D eigenvalue weighted by molar-refractivity contribution is 7.92. The van der Waals surface area contributed by atoms with E-state index in [4.69, 9.17) is 0 Å². The molecule has 1 atom stereocenters. The maximum Gasteiger partial charge on any atom is 0.501 e. The smallest absolute Gasteiger partial charge is 0.388 e. The molecule has 7 heteroatoms. The van der Waals surface area contributed by atoms with E-state index in [9.17, 15) is 26.7 Å². The third kappa shape index (κ3) is 1.83. The van der Waals surface area contributed by atoms with Crippen LogP contribution in [0.25, 0.3) is 0 Å². The van der Waals surface area contributed by atoms with Crippen LogP contribution in [0.15, 0.2) is 23.1 Å². The highest BCUT2D eigenvalue weighted by Crippen LogP contribution is 2.40. The Hall–Kier alpha value is -1.08. The van der Waals surface area contributed by atoms with Crippen LogP contribution < -0.4 is 0 Å². The zero-order valence-corrected chi connectivity index (χ0v) is 9.35. The van der Waals surface area contributed by atoms with E-state index in [0.717, 1.165) is 6.07 Å². The topological polar surface area (TPSA) is 54.4 Å². The van der Waals surface area contributed by atoms with Crippen molar-refractivity contribution in [2.75, 3.05) is 0 Å². The van der Waals surface area contributed by atoms with Gasteiger partial charge in [0.05, 0.1) is 11.0 Å². The second-order valence-corrected chi connectivity index (χ2v) is 5.74.